The molecular formula is C31H46N2O4. The van der Waals surface area contributed by atoms with Crippen LogP contribution in [-0.2, 0) is 9.59 Å². The zero-order valence-electron chi connectivity index (χ0n) is 23.0. The van der Waals surface area contributed by atoms with Gasteiger partial charge in [0.25, 0.3) is 0 Å². The molecule has 0 saturated carbocycles. The number of rotatable bonds is 20. The van der Waals surface area contributed by atoms with E-state index >= 15 is 0 Å². The Morgan fingerprint density at radius 2 is 0.973 bits per heavy atom. The molecule has 6 nitrogen and oxygen atoms in total. The molecule has 0 bridgehead atoms. The molecule has 0 aliphatic heterocycles. The maximum atomic E-state index is 12.1. The average Bonchev–Trinajstić information content (AvgIpc) is 2.90. The molecule has 0 aliphatic rings. The van der Waals surface area contributed by atoms with Gasteiger partial charge in [-0.25, -0.2) is 9.97 Å². The van der Waals surface area contributed by atoms with Crippen LogP contribution in [-0.4, -0.2) is 21.9 Å². The van der Waals surface area contributed by atoms with Crippen molar-refractivity contribution in [2.75, 3.05) is 0 Å². The number of aromatic nitrogens is 2. The summed E-state index contributed by atoms with van der Waals surface area (Å²) in [5.74, 6) is 0.940. The zero-order chi connectivity index (χ0) is 26.6. The normalized spacial score (nSPS) is 10.9. The van der Waals surface area contributed by atoms with Crippen molar-refractivity contribution in [2.45, 2.75) is 123 Å². The Labute approximate surface area is 223 Å². The summed E-state index contributed by atoms with van der Waals surface area (Å²) in [6.45, 7) is 4.43. The predicted molar refractivity (Wildman–Crippen MR) is 149 cm³/mol. The first-order valence-corrected chi connectivity index (χ1v) is 14.5. The van der Waals surface area contributed by atoms with Gasteiger partial charge in [0, 0.05) is 18.4 Å². The summed E-state index contributed by atoms with van der Waals surface area (Å²) < 4.78 is 10.8. The second-order valence-electron chi connectivity index (χ2n) is 9.81. The van der Waals surface area contributed by atoms with Gasteiger partial charge < -0.3 is 9.47 Å². The monoisotopic (exact) mass is 510 g/mol. The molecule has 204 valence electrons. The number of benzene rings is 1. The summed E-state index contributed by atoms with van der Waals surface area (Å²) in [5, 5.41) is 0. The Bertz CT molecular complexity index is 881. The molecule has 6 heteroatoms. The van der Waals surface area contributed by atoms with Gasteiger partial charge in [0.2, 0.25) is 0 Å². The fourth-order valence-electron chi connectivity index (χ4n) is 4.18. The molecule has 0 amide bonds. The lowest BCUT2D eigenvalue weighted by atomic mass is 10.1. The lowest BCUT2D eigenvalue weighted by Crippen LogP contribution is -2.08. The molecule has 0 radical (unpaired) electrons. The highest BCUT2D eigenvalue weighted by Crippen LogP contribution is 2.21. The second kappa shape index (κ2) is 19.4. The summed E-state index contributed by atoms with van der Waals surface area (Å²) in [6, 6.07) is 7.13. The Balaban J connectivity index is 1.65. The minimum Gasteiger partial charge on any atom is -0.427 e. The van der Waals surface area contributed by atoms with Crippen LogP contribution < -0.4 is 9.47 Å². The minimum absolute atomic E-state index is 0.201. The van der Waals surface area contributed by atoms with Crippen molar-refractivity contribution < 1.29 is 19.1 Å². The van der Waals surface area contributed by atoms with Crippen molar-refractivity contribution in [3.63, 3.8) is 0 Å². The maximum Gasteiger partial charge on any atom is 0.311 e. The van der Waals surface area contributed by atoms with Crippen molar-refractivity contribution in [3.05, 3.63) is 36.7 Å². The number of esters is 2. The van der Waals surface area contributed by atoms with E-state index in [0.29, 0.717) is 30.2 Å². The van der Waals surface area contributed by atoms with Gasteiger partial charge in [-0.2, -0.15) is 0 Å². The molecule has 37 heavy (non-hydrogen) atoms. The van der Waals surface area contributed by atoms with Crippen LogP contribution in [0.1, 0.15) is 123 Å². The molecule has 0 unspecified atom stereocenters. The second-order valence-corrected chi connectivity index (χ2v) is 9.81. The van der Waals surface area contributed by atoms with Crippen molar-refractivity contribution >= 4 is 11.9 Å². The van der Waals surface area contributed by atoms with Gasteiger partial charge in [-0.15, -0.1) is 0 Å². The standard InChI is InChI=1S/C31H46N2O4/c1-3-5-7-9-11-12-13-15-17-19-30(35)37-28-24-32-31(33-25-28)26-20-22-27(23-21-26)36-29(34)18-16-14-10-8-6-4-2/h20-25H,3-19H2,1-2H3. The number of carbonyl (C=O) groups excluding carboxylic acids is 2. The van der Waals surface area contributed by atoms with Crippen LogP contribution in [0.2, 0.25) is 0 Å². The quantitative estimate of drug-likeness (QED) is 0.101. The summed E-state index contributed by atoms with van der Waals surface area (Å²) in [5.41, 5.74) is 0.795. The number of hydrogen-bond acceptors (Lipinski definition) is 6. The van der Waals surface area contributed by atoms with E-state index in [9.17, 15) is 9.59 Å². The highest BCUT2D eigenvalue weighted by molar-refractivity contribution is 5.73. The molecule has 0 N–H and O–H groups in total. The number of nitrogens with zero attached hydrogens (tertiary/aromatic N) is 2. The van der Waals surface area contributed by atoms with Crippen LogP contribution in [0, 0.1) is 0 Å². The van der Waals surface area contributed by atoms with Crippen LogP contribution in [0.25, 0.3) is 11.4 Å². The number of carbonyl (C=O) groups is 2. The van der Waals surface area contributed by atoms with Gasteiger partial charge >= 0.3 is 11.9 Å². The van der Waals surface area contributed by atoms with Gasteiger partial charge in [0.1, 0.15) is 5.75 Å². The van der Waals surface area contributed by atoms with Gasteiger partial charge in [-0.1, -0.05) is 97.3 Å². The number of unbranched alkanes of at least 4 members (excludes halogenated alkanes) is 13. The predicted octanol–water partition coefficient (Wildman–Crippen LogP) is 8.63. The van der Waals surface area contributed by atoms with Crippen LogP contribution >= 0.6 is 0 Å². The Kier molecular flexibility index (Phi) is 15.9. The summed E-state index contributed by atoms with van der Waals surface area (Å²) >= 11 is 0. The molecule has 0 aliphatic carbocycles. The topological polar surface area (TPSA) is 78.4 Å². The van der Waals surface area contributed by atoms with Crippen molar-refractivity contribution in [1.82, 2.24) is 9.97 Å². The molecule has 0 spiro atoms. The summed E-state index contributed by atoms with van der Waals surface area (Å²) in [4.78, 5) is 32.8. The number of hydrogen-bond donors (Lipinski definition) is 0. The van der Waals surface area contributed by atoms with Crippen LogP contribution in [0.5, 0.6) is 11.5 Å². The van der Waals surface area contributed by atoms with E-state index in [4.69, 9.17) is 9.47 Å². The van der Waals surface area contributed by atoms with E-state index in [1.165, 1.54) is 83.0 Å². The molecule has 2 aromatic rings. The van der Waals surface area contributed by atoms with Crippen molar-refractivity contribution in [2.24, 2.45) is 0 Å². The summed E-state index contributed by atoms with van der Waals surface area (Å²) in [7, 11) is 0. The van der Waals surface area contributed by atoms with E-state index in [-0.39, 0.29) is 11.9 Å². The zero-order valence-corrected chi connectivity index (χ0v) is 23.0. The van der Waals surface area contributed by atoms with Crippen LogP contribution in [0.15, 0.2) is 36.7 Å². The highest BCUT2D eigenvalue weighted by Gasteiger charge is 2.09. The first-order valence-electron chi connectivity index (χ1n) is 14.5. The van der Waals surface area contributed by atoms with Crippen LogP contribution in [0.4, 0.5) is 0 Å². The fourth-order valence-corrected chi connectivity index (χ4v) is 4.18. The SMILES string of the molecule is CCCCCCCCCCCC(=O)Oc1cnc(-c2ccc(OC(=O)CCCCCCCC)cc2)nc1. The van der Waals surface area contributed by atoms with Gasteiger partial charge in [0.05, 0.1) is 12.4 Å². The summed E-state index contributed by atoms with van der Waals surface area (Å²) in [6.07, 6.45) is 21.6. The molecule has 1 aromatic carbocycles. The average molecular weight is 511 g/mol. The maximum absolute atomic E-state index is 12.1. The third kappa shape index (κ3) is 13.9. The Morgan fingerprint density at radius 1 is 0.568 bits per heavy atom. The Hall–Kier alpha value is -2.76. The molecule has 1 aromatic heterocycles. The molecule has 0 saturated heterocycles. The smallest absolute Gasteiger partial charge is 0.311 e. The van der Waals surface area contributed by atoms with Gasteiger partial charge in [-0.3, -0.25) is 9.59 Å². The molecule has 0 atom stereocenters. The van der Waals surface area contributed by atoms with Gasteiger partial charge in [-0.05, 0) is 37.1 Å². The molecule has 1 heterocycles. The fraction of sp³-hybridized carbons (Fsp3) is 0.613. The van der Waals surface area contributed by atoms with E-state index in [1.807, 2.05) is 12.1 Å². The Morgan fingerprint density at radius 3 is 1.43 bits per heavy atom. The third-order valence-electron chi connectivity index (χ3n) is 6.42. The molecule has 2 rings (SSSR count). The van der Waals surface area contributed by atoms with Crippen molar-refractivity contribution in [1.29, 1.82) is 0 Å². The van der Waals surface area contributed by atoms with E-state index in [1.54, 1.807) is 12.1 Å². The largest absolute Gasteiger partial charge is 0.427 e. The lowest BCUT2D eigenvalue weighted by molar-refractivity contribution is -0.135. The number of ether oxygens (including phenoxy) is 2. The minimum atomic E-state index is -0.244. The first kappa shape index (κ1) is 30.5. The van der Waals surface area contributed by atoms with Gasteiger partial charge in [0.15, 0.2) is 11.6 Å². The van der Waals surface area contributed by atoms with E-state index < -0.39 is 0 Å². The van der Waals surface area contributed by atoms with Crippen molar-refractivity contribution in [3.8, 4) is 22.9 Å². The van der Waals surface area contributed by atoms with Crippen LogP contribution in [0.3, 0.4) is 0 Å². The lowest BCUT2D eigenvalue weighted by Gasteiger charge is -2.07. The molecule has 0 fully saturated rings. The first-order chi connectivity index (χ1) is 18.1. The highest BCUT2D eigenvalue weighted by atomic mass is 16.5. The third-order valence-corrected chi connectivity index (χ3v) is 6.42. The van der Waals surface area contributed by atoms with E-state index in [2.05, 4.69) is 23.8 Å². The van der Waals surface area contributed by atoms with E-state index in [0.717, 1.165) is 31.2 Å². The molecular weight excluding hydrogens is 464 g/mol.